The van der Waals surface area contributed by atoms with Crippen LogP contribution in [0.15, 0.2) is 45.3 Å². The first-order valence-electron chi connectivity index (χ1n) is 6.46. The number of halogens is 2. The zero-order valence-corrected chi connectivity index (χ0v) is 13.6. The second kappa shape index (κ2) is 7.73. The van der Waals surface area contributed by atoms with Gasteiger partial charge in [-0.25, -0.2) is 14.0 Å². The molecular weight excluding hydrogens is 371 g/mol. The van der Waals surface area contributed by atoms with Crippen LogP contribution in [0.3, 0.4) is 0 Å². The molecule has 2 rings (SSSR count). The summed E-state index contributed by atoms with van der Waals surface area (Å²) < 4.78 is 28.8. The van der Waals surface area contributed by atoms with Crippen molar-refractivity contribution >= 4 is 33.9 Å². The number of carbonyl (C=O) groups is 2. The second-order valence-corrected chi connectivity index (χ2v) is 5.28. The van der Waals surface area contributed by atoms with Crippen LogP contribution in [0.1, 0.15) is 21.9 Å². The predicted octanol–water partition coefficient (Wildman–Crippen LogP) is 3.72. The van der Waals surface area contributed by atoms with Crippen molar-refractivity contribution < 1.29 is 27.9 Å². The van der Waals surface area contributed by atoms with Crippen LogP contribution in [0.5, 0.6) is 0 Å². The number of hydrogen-bond donors (Lipinski definition) is 0. The fourth-order valence-corrected chi connectivity index (χ4v) is 2.04. The molecule has 2 aromatic rings. The Kier molecular flexibility index (Phi) is 5.70. The molecule has 0 amide bonds. The highest BCUT2D eigenvalue weighted by Crippen LogP contribution is 2.17. The Morgan fingerprint density at radius 2 is 2.09 bits per heavy atom. The van der Waals surface area contributed by atoms with Crippen LogP contribution in [0.25, 0.3) is 6.08 Å². The van der Waals surface area contributed by atoms with E-state index in [0.29, 0.717) is 10.2 Å². The van der Waals surface area contributed by atoms with Crippen molar-refractivity contribution in [2.75, 3.05) is 7.11 Å². The van der Waals surface area contributed by atoms with Gasteiger partial charge in [-0.05, 0) is 36.4 Å². The van der Waals surface area contributed by atoms with Gasteiger partial charge in [0.1, 0.15) is 18.2 Å². The molecule has 23 heavy (non-hydrogen) atoms. The molecular formula is C16H12BrFO5. The Hall–Kier alpha value is -2.41. The molecule has 0 saturated heterocycles. The van der Waals surface area contributed by atoms with Gasteiger partial charge in [0.25, 0.3) is 0 Å². The quantitative estimate of drug-likeness (QED) is 0.582. The van der Waals surface area contributed by atoms with Crippen LogP contribution in [0.2, 0.25) is 0 Å². The first-order chi connectivity index (χ1) is 11.0. The van der Waals surface area contributed by atoms with Crippen LogP contribution >= 0.6 is 15.9 Å². The lowest BCUT2D eigenvalue weighted by Crippen LogP contribution is -2.01. The molecule has 7 heteroatoms. The monoisotopic (exact) mass is 382 g/mol. The number of carbonyl (C=O) groups excluding carboxylic acids is 2. The maximum atomic E-state index is 13.5. The van der Waals surface area contributed by atoms with Crippen LogP contribution in [0, 0.1) is 5.82 Å². The first-order valence-corrected chi connectivity index (χ1v) is 7.26. The molecule has 0 unspecified atom stereocenters. The average molecular weight is 383 g/mol. The van der Waals surface area contributed by atoms with Gasteiger partial charge >= 0.3 is 11.9 Å². The van der Waals surface area contributed by atoms with E-state index < -0.39 is 17.8 Å². The number of ether oxygens (including phenoxy) is 2. The van der Waals surface area contributed by atoms with E-state index >= 15 is 0 Å². The fraction of sp³-hybridized carbons (Fsp3) is 0.125. The van der Waals surface area contributed by atoms with Crippen LogP contribution in [-0.4, -0.2) is 19.0 Å². The molecule has 0 aliphatic carbocycles. The summed E-state index contributed by atoms with van der Waals surface area (Å²) >= 11 is 3.22. The van der Waals surface area contributed by atoms with Gasteiger partial charge < -0.3 is 13.9 Å². The van der Waals surface area contributed by atoms with E-state index in [1.807, 2.05) is 0 Å². The zero-order chi connectivity index (χ0) is 16.8. The second-order valence-electron chi connectivity index (χ2n) is 4.36. The maximum Gasteiger partial charge on any atom is 0.373 e. The minimum absolute atomic E-state index is 0.0188. The Labute approximate surface area is 139 Å². The Morgan fingerprint density at radius 3 is 2.83 bits per heavy atom. The smallest absolute Gasteiger partial charge is 0.373 e. The van der Waals surface area contributed by atoms with Gasteiger partial charge in [0, 0.05) is 16.1 Å². The van der Waals surface area contributed by atoms with Crippen LogP contribution in [-0.2, 0) is 20.9 Å². The molecule has 0 saturated carbocycles. The number of hydrogen-bond acceptors (Lipinski definition) is 5. The lowest BCUT2D eigenvalue weighted by molar-refractivity contribution is -0.139. The lowest BCUT2D eigenvalue weighted by Gasteiger charge is -2.00. The van der Waals surface area contributed by atoms with Gasteiger partial charge in [-0.3, -0.25) is 0 Å². The van der Waals surface area contributed by atoms with Gasteiger partial charge in [-0.1, -0.05) is 15.9 Å². The van der Waals surface area contributed by atoms with Gasteiger partial charge in [0.05, 0.1) is 7.11 Å². The van der Waals surface area contributed by atoms with Crippen molar-refractivity contribution in [3.8, 4) is 0 Å². The van der Waals surface area contributed by atoms with Crippen molar-refractivity contribution in [2.24, 2.45) is 0 Å². The summed E-state index contributed by atoms with van der Waals surface area (Å²) in [6, 6.07) is 7.29. The fourth-order valence-electron chi connectivity index (χ4n) is 1.66. The van der Waals surface area contributed by atoms with Crippen molar-refractivity contribution in [2.45, 2.75) is 6.61 Å². The van der Waals surface area contributed by atoms with E-state index in [0.717, 1.165) is 6.08 Å². The third-order valence-electron chi connectivity index (χ3n) is 2.76. The largest absolute Gasteiger partial charge is 0.463 e. The maximum absolute atomic E-state index is 13.5. The molecule has 0 fully saturated rings. The number of rotatable bonds is 5. The van der Waals surface area contributed by atoms with Gasteiger partial charge in [-0.15, -0.1) is 0 Å². The molecule has 0 aliphatic rings. The summed E-state index contributed by atoms with van der Waals surface area (Å²) in [6.45, 7) is -0.152. The number of furan rings is 1. The van der Waals surface area contributed by atoms with Gasteiger partial charge in [0.15, 0.2) is 0 Å². The SMILES string of the molecule is COC(=O)c1ccc(COC(=O)/C=C/c2cc(Br)ccc2F)o1. The topological polar surface area (TPSA) is 65.7 Å². The number of methoxy groups -OCH3 is 1. The third-order valence-corrected chi connectivity index (χ3v) is 3.26. The highest BCUT2D eigenvalue weighted by Gasteiger charge is 2.11. The molecule has 0 radical (unpaired) electrons. The molecule has 1 aromatic carbocycles. The summed E-state index contributed by atoms with van der Waals surface area (Å²) in [6.07, 6.45) is 2.42. The Morgan fingerprint density at radius 1 is 1.30 bits per heavy atom. The summed E-state index contributed by atoms with van der Waals surface area (Å²) in [4.78, 5) is 22.8. The minimum Gasteiger partial charge on any atom is -0.463 e. The van der Waals surface area contributed by atoms with Crippen LogP contribution in [0.4, 0.5) is 4.39 Å². The molecule has 0 bridgehead atoms. The molecule has 0 spiro atoms. The first kappa shape index (κ1) is 17.0. The zero-order valence-electron chi connectivity index (χ0n) is 12.0. The molecule has 5 nitrogen and oxygen atoms in total. The van der Waals surface area contributed by atoms with E-state index in [1.54, 1.807) is 6.07 Å². The van der Waals surface area contributed by atoms with E-state index in [-0.39, 0.29) is 17.9 Å². The predicted molar refractivity (Wildman–Crippen MR) is 83.0 cm³/mol. The molecule has 120 valence electrons. The summed E-state index contributed by atoms with van der Waals surface area (Å²) in [5, 5.41) is 0. The number of esters is 2. The minimum atomic E-state index is -0.666. The number of benzene rings is 1. The van der Waals surface area contributed by atoms with E-state index in [1.165, 1.54) is 37.5 Å². The van der Waals surface area contributed by atoms with E-state index in [4.69, 9.17) is 9.15 Å². The van der Waals surface area contributed by atoms with E-state index in [9.17, 15) is 14.0 Å². The lowest BCUT2D eigenvalue weighted by atomic mass is 10.2. The summed E-state index contributed by atoms with van der Waals surface area (Å²) in [7, 11) is 1.23. The Balaban J connectivity index is 1.92. The Bertz CT molecular complexity index is 751. The van der Waals surface area contributed by atoms with Gasteiger partial charge in [-0.2, -0.15) is 0 Å². The molecule has 0 atom stereocenters. The van der Waals surface area contributed by atoms with Crippen molar-refractivity contribution in [3.63, 3.8) is 0 Å². The van der Waals surface area contributed by atoms with Gasteiger partial charge in [0.2, 0.25) is 5.76 Å². The van der Waals surface area contributed by atoms with Crippen molar-refractivity contribution in [3.05, 3.63) is 63.8 Å². The van der Waals surface area contributed by atoms with E-state index in [2.05, 4.69) is 20.7 Å². The summed E-state index contributed by atoms with van der Waals surface area (Å²) in [5.74, 6) is -1.43. The molecule has 1 aromatic heterocycles. The standard InChI is InChI=1S/C16H12BrFO5/c1-21-16(20)14-6-4-12(23-14)9-22-15(19)7-2-10-8-11(17)3-5-13(10)18/h2-8H,9H2,1H3/b7-2+. The third kappa shape index (κ3) is 4.79. The van der Waals surface area contributed by atoms with Crippen molar-refractivity contribution in [1.82, 2.24) is 0 Å². The molecule has 0 N–H and O–H groups in total. The highest BCUT2D eigenvalue weighted by molar-refractivity contribution is 9.10. The molecule has 0 aliphatic heterocycles. The highest BCUT2D eigenvalue weighted by atomic mass is 79.9. The van der Waals surface area contributed by atoms with Crippen LogP contribution < -0.4 is 0 Å². The summed E-state index contributed by atoms with van der Waals surface area (Å²) in [5.41, 5.74) is 0.252. The molecule has 1 heterocycles. The normalized spacial score (nSPS) is 10.7. The average Bonchev–Trinajstić information content (AvgIpc) is 3.02. The van der Waals surface area contributed by atoms with Crippen molar-refractivity contribution in [1.29, 1.82) is 0 Å².